The summed E-state index contributed by atoms with van der Waals surface area (Å²) in [6, 6.07) is 10.3. The van der Waals surface area contributed by atoms with Crippen LogP contribution >= 0.6 is 0 Å². The first-order valence-electron chi connectivity index (χ1n) is 6.99. The molecule has 0 spiro atoms. The van der Waals surface area contributed by atoms with Crippen LogP contribution in [0.25, 0.3) is 10.8 Å². The van der Waals surface area contributed by atoms with Crippen molar-refractivity contribution in [1.82, 2.24) is 4.31 Å². The Labute approximate surface area is 124 Å². The van der Waals surface area contributed by atoms with Crippen LogP contribution in [0, 0.1) is 0 Å². The van der Waals surface area contributed by atoms with Crippen LogP contribution in [0.1, 0.15) is 19.8 Å². The predicted molar refractivity (Wildman–Crippen MR) is 83.6 cm³/mol. The highest BCUT2D eigenvalue weighted by Crippen LogP contribution is 2.29. The monoisotopic (exact) mass is 306 g/mol. The molecule has 0 saturated carbocycles. The van der Waals surface area contributed by atoms with E-state index in [0.717, 1.165) is 18.2 Å². The number of anilines is 1. The van der Waals surface area contributed by atoms with Crippen LogP contribution in [-0.2, 0) is 10.2 Å². The summed E-state index contributed by atoms with van der Waals surface area (Å²) in [5.41, 5.74) is 0.488. The standard InChI is InChI=1S/C15H18N2O3S/c1-11-4-3-9-17(11)21(19,20)16-15-6-2-5-12-7-8-13(18)10-14(12)15/h2,5-8,10-11,16,18H,3-4,9H2,1H3. The number of nitrogens with zero attached hydrogens (tertiary/aromatic N) is 1. The van der Waals surface area contributed by atoms with E-state index in [0.29, 0.717) is 17.6 Å². The van der Waals surface area contributed by atoms with Crippen molar-refractivity contribution < 1.29 is 13.5 Å². The van der Waals surface area contributed by atoms with E-state index < -0.39 is 10.2 Å². The van der Waals surface area contributed by atoms with Gasteiger partial charge < -0.3 is 5.11 Å². The quantitative estimate of drug-likeness (QED) is 0.916. The molecule has 21 heavy (non-hydrogen) atoms. The van der Waals surface area contributed by atoms with E-state index in [-0.39, 0.29) is 11.8 Å². The van der Waals surface area contributed by atoms with E-state index in [2.05, 4.69) is 4.72 Å². The van der Waals surface area contributed by atoms with Gasteiger partial charge in [0.2, 0.25) is 0 Å². The van der Waals surface area contributed by atoms with Gasteiger partial charge in [0.1, 0.15) is 5.75 Å². The summed E-state index contributed by atoms with van der Waals surface area (Å²) >= 11 is 0. The Kier molecular flexibility index (Phi) is 3.51. The van der Waals surface area contributed by atoms with E-state index >= 15 is 0 Å². The number of hydrogen-bond acceptors (Lipinski definition) is 3. The zero-order valence-corrected chi connectivity index (χ0v) is 12.6. The van der Waals surface area contributed by atoms with E-state index in [9.17, 15) is 13.5 Å². The molecule has 1 saturated heterocycles. The summed E-state index contributed by atoms with van der Waals surface area (Å²) in [6.45, 7) is 2.47. The van der Waals surface area contributed by atoms with Crippen LogP contribution in [0.2, 0.25) is 0 Å². The SMILES string of the molecule is CC1CCCN1S(=O)(=O)Nc1cccc2ccc(O)cc12. The van der Waals surface area contributed by atoms with E-state index in [4.69, 9.17) is 0 Å². The molecule has 0 aliphatic carbocycles. The molecule has 0 radical (unpaired) electrons. The maximum atomic E-state index is 12.5. The molecule has 1 fully saturated rings. The summed E-state index contributed by atoms with van der Waals surface area (Å²) in [6.07, 6.45) is 1.77. The molecular weight excluding hydrogens is 288 g/mol. The summed E-state index contributed by atoms with van der Waals surface area (Å²) in [7, 11) is -3.56. The number of phenols is 1. The molecule has 0 amide bonds. The molecule has 6 heteroatoms. The van der Waals surface area contributed by atoms with Crippen molar-refractivity contribution >= 4 is 26.7 Å². The van der Waals surface area contributed by atoms with Crippen molar-refractivity contribution in [2.24, 2.45) is 0 Å². The van der Waals surface area contributed by atoms with Gasteiger partial charge in [0, 0.05) is 18.0 Å². The minimum atomic E-state index is -3.56. The minimum absolute atomic E-state index is 0.0193. The first-order valence-corrected chi connectivity index (χ1v) is 8.43. The molecule has 1 unspecified atom stereocenters. The van der Waals surface area contributed by atoms with E-state index in [1.54, 1.807) is 30.3 Å². The second-order valence-corrected chi connectivity index (χ2v) is 7.04. The lowest BCUT2D eigenvalue weighted by atomic mass is 10.1. The average molecular weight is 306 g/mol. The molecule has 2 N–H and O–H groups in total. The van der Waals surface area contributed by atoms with Crippen molar-refractivity contribution in [3.63, 3.8) is 0 Å². The third-order valence-corrected chi connectivity index (χ3v) is 5.54. The van der Waals surface area contributed by atoms with Crippen LogP contribution in [0.15, 0.2) is 36.4 Å². The fraction of sp³-hybridized carbons (Fsp3) is 0.333. The first-order chi connectivity index (χ1) is 9.97. The van der Waals surface area contributed by atoms with Crippen LogP contribution in [0.5, 0.6) is 5.75 Å². The summed E-state index contributed by atoms with van der Waals surface area (Å²) in [4.78, 5) is 0. The van der Waals surface area contributed by atoms with Gasteiger partial charge in [0.15, 0.2) is 0 Å². The van der Waals surface area contributed by atoms with Crippen molar-refractivity contribution in [1.29, 1.82) is 0 Å². The van der Waals surface area contributed by atoms with Crippen molar-refractivity contribution in [2.75, 3.05) is 11.3 Å². The van der Waals surface area contributed by atoms with Gasteiger partial charge in [-0.2, -0.15) is 12.7 Å². The zero-order valence-electron chi connectivity index (χ0n) is 11.8. The molecule has 112 valence electrons. The van der Waals surface area contributed by atoms with Gasteiger partial charge in [-0.15, -0.1) is 0 Å². The van der Waals surface area contributed by atoms with Gasteiger partial charge in [0.05, 0.1) is 5.69 Å². The Morgan fingerprint density at radius 2 is 2.10 bits per heavy atom. The van der Waals surface area contributed by atoms with Crippen LogP contribution in [0.3, 0.4) is 0 Å². The smallest absolute Gasteiger partial charge is 0.301 e. The number of hydrogen-bond donors (Lipinski definition) is 2. The highest BCUT2D eigenvalue weighted by molar-refractivity contribution is 7.90. The van der Waals surface area contributed by atoms with Crippen LogP contribution in [0.4, 0.5) is 5.69 Å². The fourth-order valence-electron chi connectivity index (χ4n) is 2.81. The number of benzene rings is 2. The molecule has 2 aromatic carbocycles. The molecule has 5 nitrogen and oxygen atoms in total. The Bertz CT molecular complexity index is 774. The number of aromatic hydroxyl groups is 1. The Hall–Kier alpha value is -1.79. The van der Waals surface area contributed by atoms with E-state index in [1.165, 1.54) is 4.31 Å². The second kappa shape index (κ2) is 5.20. The lowest BCUT2D eigenvalue weighted by Gasteiger charge is -2.22. The third kappa shape index (κ3) is 2.69. The largest absolute Gasteiger partial charge is 0.508 e. The maximum Gasteiger partial charge on any atom is 0.301 e. The molecule has 0 bridgehead atoms. The molecular formula is C15H18N2O3S. The molecule has 1 atom stereocenters. The normalized spacial score (nSPS) is 20.0. The first kappa shape index (κ1) is 14.2. The maximum absolute atomic E-state index is 12.5. The number of fused-ring (bicyclic) bond motifs is 1. The van der Waals surface area contributed by atoms with E-state index in [1.807, 2.05) is 13.0 Å². The summed E-state index contributed by atoms with van der Waals surface area (Å²) in [5, 5.41) is 11.2. The lowest BCUT2D eigenvalue weighted by molar-refractivity contribution is 0.412. The van der Waals surface area contributed by atoms with Crippen molar-refractivity contribution in [2.45, 2.75) is 25.8 Å². The minimum Gasteiger partial charge on any atom is -0.508 e. The van der Waals surface area contributed by atoms with Crippen molar-refractivity contribution in [3.8, 4) is 5.75 Å². The lowest BCUT2D eigenvalue weighted by Crippen LogP contribution is -2.38. The van der Waals surface area contributed by atoms with Gasteiger partial charge in [0.25, 0.3) is 0 Å². The number of phenolic OH excluding ortho intramolecular Hbond substituents is 1. The molecule has 1 heterocycles. The second-order valence-electron chi connectivity index (χ2n) is 5.42. The van der Waals surface area contributed by atoms with Crippen LogP contribution < -0.4 is 4.72 Å². The molecule has 3 rings (SSSR count). The van der Waals surface area contributed by atoms with Gasteiger partial charge in [-0.3, -0.25) is 4.72 Å². The molecule has 2 aromatic rings. The fourth-order valence-corrected chi connectivity index (χ4v) is 4.33. The Morgan fingerprint density at radius 3 is 2.81 bits per heavy atom. The highest BCUT2D eigenvalue weighted by Gasteiger charge is 2.31. The van der Waals surface area contributed by atoms with Gasteiger partial charge in [-0.1, -0.05) is 18.2 Å². The molecule has 0 aromatic heterocycles. The Morgan fingerprint density at radius 1 is 1.29 bits per heavy atom. The van der Waals surface area contributed by atoms with Crippen molar-refractivity contribution in [3.05, 3.63) is 36.4 Å². The summed E-state index contributed by atoms with van der Waals surface area (Å²) in [5.74, 6) is 0.115. The topological polar surface area (TPSA) is 69.6 Å². The molecule has 1 aliphatic heterocycles. The third-order valence-electron chi connectivity index (χ3n) is 3.91. The number of rotatable bonds is 3. The average Bonchev–Trinajstić information content (AvgIpc) is 2.86. The molecule has 1 aliphatic rings. The Balaban J connectivity index is 2.00. The van der Waals surface area contributed by atoms with Crippen LogP contribution in [-0.4, -0.2) is 30.4 Å². The summed E-state index contributed by atoms with van der Waals surface area (Å²) < 4.78 is 29.1. The zero-order chi connectivity index (χ0) is 15.0. The highest BCUT2D eigenvalue weighted by atomic mass is 32.2. The van der Waals surface area contributed by atoms with Gasteiger partial charge in [-0.05, 0) is 43.4 Å². The predicted octanol–water partition coefficient (Wildman–Crippen LogP) is 2.69. The number of nitrogens with one attached hydrogen (secondary N) is 1. The van der Waals surface area contributed by atoms with Gasteiger partial charge >= 0.3 is 10.2 Å². The van der Waals surface area contributed by atoms with Gasteiger partial charge in [-0.25, -0.2) is 0 Å².